The molecule has 5 nitrogen and oxygen atoms in total. The predicted octanol–water partition coefficient (Wildman–Crippen LogP) is 2.73. The van der Waals surface area contributed by atoms with Crippen LogP contribution in [0.2, 0.25) is 0 Å². The van der Waals surface area contributed by atoms with Gasteiger partial charge in [0.15, 0.2) is 5.11 Å². The number of ether oxygens (including phenoxy) is 1. The standard InChI is InChI=1S/C17H21N3O2S/c23-17(19-11-15-6-3-9-21-15)20(13-16-7-4-10-22-16)12-14-5-1-2-8-18-14/h1-3,5-6,8-9,16H,4,7,10-13H2,(H,19,23)/t16-/m1/s1. The number of nitrogens with one attached hydrogen (secondary N) is 1. The number of hydrogen-bond donors (Lipinski definition) is 1. The Bertz CT molecular complexity index is 598. The van der Waals surface area contributed by atoms with Gasteiger partial charge in [-0.15, -0.1) is 0 Å². The Balaban J connectivity index is 1.61. The Morgan fingerprint density at radius 2 is 2.30 bits per heavy atom. The van der Waals surface area contributed by atoms with E-state index >= 15 is 0 Å². The molecule has 0 radical (unpaired) electrons. The van der Waals surface area contributed by atoms with Crippen LogP contribution in [-0.4, -0.2) is 34.3 Å². The van der Waals surface area contributed by atoms with Crippen molar-refractivity contribution in [3.05, 3.63) is 54.2 Å². The molecule has 2 aromatic rings. The molecule has 23 heavy (non-hydrogen) atoms. The molecule has 1 aliphatic heterocycles. The Morgan fingerprint density at radius 1 is 1.35 bits per heavy atom. The van der Waals surface area contributed by atoms with Crippen LogP contribution in [-0.2, 0) is 17.8 Å². The van der Waals surface area contributed by atoms with Crippen LogP contribution in [0.5, 0.6) is 0 Å². The maximum atomic E-state index is 5.75. The number of hydrogen-bond acceptors (Lipinski definition) is 4. The van der Waals surface area contributed by atoms with Crippen molar-refractivity contribution in [1.82, 2.24) is 15.2 Å². The summed E-state index contributed by atoms with van der Waals surface area (Å²) in [6.07, 6.45) is 5.91. The molecule has 0 bridgehead atoms. The summed E-state index contributed by atoms with van der Waals surface area (Å²) < 4.78 is 11.1. The SMILES string of the molecule is S=C(NCc1ccco1)N(Cc1ccccn1)C[C@H]1CCCO1. The van der Waals surface area contributed by atoms with Crippen LogP contribution in [0.3, 0.4) is 0 Å². The number of thiocarbonyl (C=S) groups is 1. The molecule has 6 heteroatoms. The van der Waals surface area contributed by atoms with Crippen LogP contribution in [0.1, 0.15) is 24.3 Å². The molecular weight excluding hydrogens is 310 g/mol. The molecule has 122 valence electrons. The van der Waals surface area contributed by atoms with Crippen molar-refractivity contribution in [2.75, 3.05) is 13.2 Å². The Hall–Kier alpha value is -1.92. The highest BCUT2D eigenvalue weighted by Gasteiger charge is 2.21. The zero-order valence-electron chi connectivity index (χ0n) is 13.0. The number of rotatable bonds is 6. The molecule has 1 atom stereocenters. The zero-order valence-corrected chi connectivity index (χ0v) is 13.8. The van der Waals surface area contributed by atoms with Gasteiger partial charge in [0.25, 0.3) is 0 Å². The molecule has 0 aliphatic carbocycles. The second-order valence-electron chi connectivity index (χ2n) is 5.57. The van der Waals surface area contributed by atoms with E-state index in [2.05, 4.69) is 15.2 Å². The highest BCUT2D eigenvalue weighted by atomic mass is 32.1. The van der Waals surface area contributed by atoms with E-state index in [0.29, 0.717) is 18.2 Å². The lowest BCUT2D eigenvalue weighted by molar-refractivity contribution is 0.0895. The summed E-state index contributed by atoms with van der Waals surface area (Å²) >= 11 is 5.57. The topological polar surface area (TPSA) is 50.5 Å². The van der Waals surface area contributed by atoms with Crippen molar-refractivity contribution >= 4 is 17.3 Å². The molecular formula is C17H21N3O2S. The van der Waals surface area contributed by atoms with Gasteiger partial charge in [-0.05, 0) is 49.3 Å². The summed E-state index contributed by atoms with van der Waals surface area (Å²) in [4.78, 5) is 6.52. The van der Waals surface area contributed by atoms with E-state index in [0.717, 1.165) is 37.4 Å². The van der Waals surface area contributed by atoms with Crippen LogP contribution in [0.15, 0.2) is 47.2 Å². The first kappa shape index (κ1) is 16.0. The minimum Gasteiger partial charge on any atom is -0.467 e. The molecule has 1 N–H and O–H groups in total. The van der Waals surface area contributed by atoms with Gasteiger partial charge in [0, 0.05) is 19.3 Å². The highest BCUT2D eigenvalue weighted by Crippen LogP contribution is 2.15. The molecule has 0 spiro atoms. The molecule has 1 fully saturated rings. The lowest BCUT2D eigenvalue weighted by Crippen LogP contribution is -2.43. The summed E-state index contributed by atoms with van der Waals surface area (Å²) in [5.74, 6) is 0.863. The number of aromatic nitrogens is 1. The third kappa shape index (κ3) is 4.77. The Labute approximate surface area is 141 Å². The minimum atomic E-state index is 0.238. The van der Waals surface area contributed by atoms with Crippen LogP contribution in [0.25, 0.3) is 0 Å². The summed E-state index contributed by atoms with van der Waals surface area (Å²) in [6.45, 7) is 2.87. The van der Waals surface area contributed by atoms with Gasteiger partial charge in [-0.2, -0.15) is 0 Å². The summed E-state index contributed by atoms with van der Waals surface area (Å²) in [7, 11) is 0. The average Bonchev–Trinajstić information content (AvgIpc) is 3.26. The minimum absolute atomic E-state index is 0.238. The van der Waals surface area contributed by atoms with Crippen molar-refractivity contribution in [3.63, 3.8) is 0 Å². The first-order valence-electron chi connectivity index (χ1n) is 7.88. The van der Waals surface area contributed by atoms with Crippen LogP contribution in [0, 0.1) is 0 Å². The normalized spacial score (nSPS) is 17.1. The lowest BCUT2D eigenvalue weighted by Gasteiger charge is -2.27. The Morgan fingerprint density at radius 3 is 3.00 bits per heavy atom. The van der Waals surface area contributed by atoms with E-state index in [1.165, 1.54) is 0 Å². The van der Waals surface area contributed by atoms with Crippen LogP contribution >= 0.6 is 12.2 Å². The van der Waals surface area contributed by atoms with Crippen LogP contribution in [0.4, 0.5) is 0 Å². The van der Waals surface area contributed by atoms with Crippen molar-refractivity contribution in [2.24, 2.45) is 0 Å². The van der Waals surface area contributed by atoms with Gasteiger partial charge in [-0.3, -0.25) is 4.98 Å². The molecule has 1 aliphatic rings. The quantitative estimate of drug-likeness (QED) is 0.822. The van der Waals surface area contributed by atoms with Gasteiger partial charge in [0.1, 0.15) is 5.76 Å². The van der Waals surface area contributed by atoms with Gasteiger partial charge < -0.3 is 19.4 Å². The molecule has 1 saturated heterocycles. The smallest absolute Gasteiger partial charge is 0.169 e. The molecule has 0 amide bonds. The fraction of sp³-hybridized carbons (Fsp3) is 0.412. The fourth-order valence-corrected chi connectivity index (χ4v) is 2.84. The van der Waals surface area contributed by atoms with E-state index in [4.69, 9.17) is 21.4 Å². The van der Waals surface area contributed by atoms with E-state index in [1.54, 1.807) is 12.5 Å². The third-order valence-electron chi connectivity index (χ3n) is 3.81. The van der Waals surface area contributed by atoms with Gasteiger partial charge in [-0.25, -0.2) is 0 Å². The van der Waals surface area contributed by atoms with Crippen molar-refractivity contribution < 1.29 is 9.15 Å². The van der Waals surface area contributed by atoms with E-state index in [-0.39, 0.29) is 6.10 Å². The maximum absolute atomic E-state index is 5.75. The summed E-state index contributed by atoms with van der Waals surface area (Å²) in [5.41, 5.74) is 0.993. The second-order valence-corrected chi connectivity index (χ2v) is 5.96. The largest absolute Gasteiger partial charge is 0.467 e. The fourth-order valence-electron chi connectivity index (χ4n) is 2.63. The summed E-state index contributed by atoms with van der Waals surface area (Å²) in [5, 5.41) is 3.96. The lowest BCUT2D eigenvalue weighted by atomic mass is 10.2. The second kappa shape index (κ2) is 8.08. The molecule has 0 aromatic carbocycles. The van der Waals surface area contributed by atoms with Crippen molar-refractivity contribution in [2.45, 2.75) is 32.0 Å². The number of nitrogens with zero attached hydrogens (tertiary/aromatic N) is 2. The summed E-state index contributed by atoms with van der Waals surface area (Å²) in [6, 6.07) is 9.72. The Kier molecular flexibility index (Phi) is 5.60. The van der Waals surface area contributed by atoms with Gasteiger partial charge in [-0.1, -0.05) is 6.07 Å². The first-order chi connectivity index (χ1) is 11.3. The molecule has 2 aromatic heterocycles. The molecule has 0 saturated carbocycles. The monoisotopic (exact) mass is 331 g/mol. The first-order valence-corrected chi connectivity index (χ1v) is 8.29. The van der Waals surface area contributed by atoms with E-state index in [9.17, 15) is 0 Å². The predicted molar refractivity (Wildman–Crippen MR) is 91.8 cm³/mol. The van der Waals surface area contributed by atoms with Gasteiger partial charge >= 0.3 is 0 Å². The van der Waals surface area contributed by atoms with Gasteiger partial charge in [0.05, 0.1) is 31.2 Å². The zero-order chi connectivity index (χ0) is 15.9. The van der Waals surface area contributed by atoms with E-state index in [1.807, 2.05) is 30.3 Å². The van der Waals surface area contributed by atoms with Crippen molar-refractivity contribution in [3.8, 4) is 0 Å². The average molecular weight is 331 g/mol. The van der Waals surface area contributed by atoms with Crippen molar-refractivity contribution in [1.29, 1.82) is 0 Å². The van der Waals surface area contributed by atoms with Gasteiger partial charge in [0.2, 0.25) is 0 Å². The third-order valence-corrected chi connectivity index (χ3v) is 4.21. The number of pyridine rings is 1. The highest BCUT2D eigenvalue weighted by molar-refractivity contribution is 7.80. The molecule has 3 heterocycles. The number of furan rings is 1. The van der Waals surface area contributed by atoms with E-state index < -0.39 is 0 Å². The molecule has 0 unspecified atom stereocenters. The molecule has 3 rings (SSSR count). The maximum Gasteiger partial charge on any atom is 0.169 e. The van der Waals surface area contributed by atoms with Crippen LogP contribution < -0.4 is 5.32 Å².